The summed E-state index contributed by atoms with van der Waals surface area (Å²) in [6.45, 7) is 11.6. The molecule has 7 nitrogen and oxygen atoms in total. The van der Waals surface area contributed by atoms with Crippen LogP contribution in [0.15, 0.2) is 36.4 Å². The molecule has 0 saturated heterocycles. The maximum Gasteiger partial charge on any atom is 0.488 e. The number of aryl methyl sites for hydroxylation is 1. The maximum absolute atomic E-state index is 13.7. The summed E-state index contributed by atoms with van der Waals surface area (Å²) in [5, 5.41) is 20.5. The molecule has 0 aromatic heterocycles. The lowest BCUT2D eigenvalue weighted by Gasteiger charge is -2.39. The second kappa shape index (κ2) is 10.2. The van der Waals surface area contributed by atoms with E-state index >= 15 is 0 Å². The Bertz CT molecular complexity index is 985. The third-order valence-electron chi connectivity index (χ3n) is 5.53. The van der Waals surface area contributed by atoms with E-state index in [1.807, 2.05) is 27.7 Å². The van der Waals surface area contributed by atoms with Gasteiger partial charge in [-0.2, -0.15) is 0 Å². The largest absolute Gasteiger partial charge is 0.496 e. The highest BCUT2D eigenvalue weighted by Crippen LogP contribution is 2.29. The fraction of sp³-hybridized carbons (Fsp3) is 0.417. The highest BCUT2D eigenvalue weighted by atomic mass is 16.5. The van der Waals surface area contributed by atoms with Gasteiger partial charge in [0.1, 0.15) is 5.75 Å². The Labute approximate surface area is 190 Å². The molecule has 3 N–H and O–H groups in total. The molecule has 1 unspecified atom stereocenters. The first kappa shape index (κ1) is 25.4. The molecule has 0 aliphatic rings. The van der Waals surface area contributed by atoms with Crippen LogP contribution in [0.4, 0.5) is 0 Å². The first-order valence-electron chi connectivity index (χ1n) is 10.7. The maximum atomic E-state index is 13.7. The van der Waals surface area contributed by atoms with E-state index in [2.05, 4.69) is 5.43 Å². The average Bonchev–Trinajstić information content (AvgIpc) is 2.71. The Kier molecular flexibility index (Phi) is 8.10. The van der Waals surface area contributed by atoms with Gasteiger partial charge in [-0.15, -0.1) is 0 Å². The van der Waals surface area contributed by atoms with Crippen LogP contribution < -0.4 is 15.6 Å². The number of carbonyl (C=O) groups excluding carboxylic acids is 2. The molecule has 1 atom stereocenters. The zero-order valence-corrected chi connectivity index (χ0v) is 19.9. The lowest BCUT2D eigenvalue weighted by Crippen LogP contribution is -2.56. The Morgan fingerprint density at radius 2 is 1.81 bits per heavy atom. The molecule has 2 amide bonds. The summed E-state index contributed by atoms with van der Waals surface area (Å²) in [6.07, 6.45) is 0.618. The highest BCUT2D eigenvalue weighted by molar-refractivity contribution is 6.58. The van der Waals surface area contributed by atoms with Crippen molar-refractivity contribution in [2.45, 2.75) is 54.0 Å². The predicted molar refractivity (Wildman–Crippen MR) is 126 cm³/mol. The molecular formula is C24H33BN2O5. The number of hydrazine groups is 1. The molecular weight excluding hydrogens is 407 g/mol. The number of benzene rings is 2. The van der Waals surface area contributed by atoms with Crippen LogP contribution >= 0.6 is 0 Å². The van der Waals surface area contributed by atoms with Crippen LogP contribution in [0.2, 0.25) is 0 Å². The third kappa shape index (κ3) is 5.69. The van der Waals surface area contributed by atoms with Crippen LogP contribution in [-0.4, -0.2) is 47.1 Å². The standard InChI is InChI=1S/C24H33BN2O5/c1-8-21(24(4,5)6)27(23(29)19-10-9-11-20(32-7)16(19)3)26-22(28)17-12-15(2)13-18(14-17)25(30)31/h9-14,21,30-31H,8H2,1-7H3,(H,26,28). The van der Waals surface area contributed by atoms with Gasteiger partial charge in [-0.1, -0.05) is 45.4 Å². The van der Waals surface area contributed by atoms with E-state index in [0.717, 1.165) is 0 Å². The second-order valence-electron chi connectivity index (χ2n) is 9.05. The Balaban J connectivity index is 2.51. The van der Waals surface area contributed by atoms with Crippen molar-refractivity contribution < 1.29 is 24.4 Å². The van der Waals surface area contributed by atoms with Crippen molar-refractivity contribution in [1.82, 2.24) is 10.4 Å². The van der Waals surface area contributed by atoms with E-state index in [1.165, 1.54) is 11.1 Å². The van der Waals surface area contributed by atoms with Crippen LogP contribution in [0, 0.1) is 19.3 Å². The highest BCUT2D eigenvalue weighted by Gasteiger charge is 2.35. The molecule has 0 bridgehead atoms. The van der Waals surface area contributed by atoms with Gasteiger partial charge in [0.25, 0.3) is 11.8 Å². The molecule has 0 spiro atoms. The van der Waals surface area contributed by atoms with E-state index in [4.69, 9.17) is 4.74 Å². The van der Waals surface area contributed by atoms with Gasteiger partial charge >= 0.3 is 7.12 Å². The second-order valence-corrected chi connectivity index (χ2v) is 9.05. The molecule has 0 aliphatic carbocycles. The van der Waals surface area contributed by atoms with Crippen molar-refractivity contribution in [1.29, 1.82) is 0 Å². The van der Waals surface area contributed by atoms with Gasteiger partial charge in [0.15, 0.2) is 0 Å². The number of amides is 2. The van der Waals surface area contributed by atoms with Crippen LogP contribution in [0.1, 0.15) is 66.0 Å². The molecule has 8 heteroatoms. The normalized spacial score (nSPS) is 12.2. The van der Waals surface area contributed by atoms with E-state index < -0.39 is 13.0 Å². The fourth-order valence-electron chi connectivity index (χ4n) is 3.92. The van der Waals surface area contributed by atoms with Gasteiger partial charge in [-0.3, -0.25) is 15.0 Å². The minimum Gasteiger partial charge on any atom is -0.496 e. The van der Waals surface area contributed by atoms with E-state index in [-0.39, 0.29) is 28.4 Å². The van der Waals surface area contributed by atoms with Crippen LogP contribution in [0.5, 0.6) is 5.75 Å². The summed E-state index contributed by atoms with van der Waals surface area (Å²) < 4.78 is 5.36. The van der Waals surface area contributed by atoms with Crippen molar-refractivity contribution in [2.24, 2.45) is 5.41 Å². The smallest absolute Gasteiger partial charge is 0.488 e. The lowest BCUT2D eigenvalue weighted by atomic mass is 9.78. The molecule has 32 heavy (non-hydrogen) atoms. The fourth-order valence-corrected chi connectivity index (χ4v) is 3.92. The summed E-state index contributed by atoms with van der Waals surface area (Å²) in [5.41, 5.74) is 4.73. The van der Waals surface area contributed by atoms with E-state index in [0.29, 0.717) is 28.9 Å². The quantitative estimate of drug-likeness (QED) is 0.474. The summed E-state index contributed by atoms with van der Waals surface area (Å²) in [4.78, 5) is 26.8. The van der Waals surface area contributed by atoms with Crippen molar-refractivity contribution in [3.63, 3.8) is 0 Å². The number of nitrogens with zero attached hydrogens (tertiary/aromatic N) is 1. The number of hydrogen-bond donors (Lipinski definition) is 3. The van der Waals surface area contributed by atoms with E-state index in [1.54, 1.807) is 51.3 Å². The topological polar surface area (TPSA) is 99.1 Å². The van der Waals surface area contributed by atoms with Gasteiger partial charge in [-0.25, -0.2) is 5.01 Å². The van der Waals surface area contributed by atoms with Crippen molar-refractivity contribution >= 4 is 24.4 Å². The number of methoxy groups -OCH3 is 1. The molecule has 0 saturated carbocycles. The minimum atomic E-state index is -1.70. The molecule has 2 aromatic rings. The molecule has 2 rings (SSSR count). The number of hydrogen-bond acceptors (Lipinski definition) is 5. The summed E-state index contributed by atoms with van der Waals surface area (Å²) in [6, 6.07) is 9.58. The molecule has 0 heterocycles. The van der Waals surface area contributed by atoms with Crippen molar-refractivity contribution in [2.75, 3.05) is 7.11 Å². The number of nitrogens with one attached hydrogen (secondary N) is 1. The van der Waals surface area contributed by atoms with Gasteiger partial charge in [0, 0.05) is 16.7 Å². The molecule has 0 fully saturated rings. The van der Waals surface area contributed by atoms with Crippen molar-refractivity contribution in [3.8, 4) is 5.75 Å². The van der Waals surface area contributed by atoms with Crippen LogP contribution in [0.25, 0.3) is 0 Å². The minimum absolute atomic E-state index is 0.208. The Morgan fingerprint density at radius 3 is 2.34 bits per heavy atom. The first-order valence-corrected chi connectivity index (χ1v) is 10.7. The monoisotopic (exact) mass is 440 g/mol. The summed E-state index contributed by atoms with van der Waals surface area (Å²) in [7, 11) is -0.151. The molecule has 0 aliphatic heterocycles. The van der Waals surface area contributed by atoms with Gasteiger partial charge in [-0.05, 0) is 55.4 Å². The number of ether oxygens (including phenoxy) is 1. The van der Waals surface area contributed by atoms with Crippen LogP contribution in [0.3, 0.4) is 0 Å². The predicted octanol–water partition coefficient (Wildman–Crippen LogP) is 2.60. The summed E-state index contributed by atoms with van der Waals surface area (Å²) in [5.74, 6) is -0.259. The van der Waals surface area contributed by atoms with Gasteiger partial charge in [0.05, 0.1) is 13.2 Å². The van der Waals surface area contributed by atoms with Gasteiger partial charge < -0.3 is 14.8 Å². The zero-order chi connectivity index (χ0) is 24.2. The molecule has 172 valence electrons. The van der Waals surface area contributed by atoms with Crippen LogP contribution in [-0.2, 0) is 0 Å². The Morgan fingerprint density at radius 1 is 1.16 bits per heavy atom. The van der Waals surface area contributed by atoms with E-state index in [9.17, 15) is 19.6 Å². The number of rotatable bonds is 6. The molecule has 0 radical (unpaired) electrons. The zero-order valence-electron chi connectivity index (χ0n) is 19.9. The summed E-state index contributed by atoms with van der Waals surface area (Å²) >= 11 is 0. The number of carbonyl (C=O) groups is 2. The van der Waals surface area contributed by atoms with Gasteiger partial charge in [0.2, 0.25) is 0 Å². The average molecular weight is 440 g/mol. The first-order chi connectivity index (χ1) is 14.9. The molecule has 2 aromatic carbocycles. The SMILES string of the molecule is CCC(N(NC(=O)c1cc(C)cc(B(O)O)c1)C(=O)c1cccc(OC)c1C)C(C)(C)C. The van der Waals surface area contributed by atoms with Crippen molar-refractivity contribution in [3.05, 3.63) is 58.7 Å². The lowest BCUT2D eigenvalue weighted by molar-refractivity contribution is 0.0284. The third-order valence-corrected chi connectivity index (χ3v) is 5.53. The Hall–Kier alpha value is -2.84.